The van der Waals surface area contributed by atoms with Crippen molar-refractivity contribution in [2.45, 2.75) is 108 Å². The van der Waals surface area contributed by atoms with E-state index in [2.05, 4.69) is 23.5 Å². The predicted molar refractivity (Wildman–Crippen MR) is 197 cm³/mol. The van der Waals surface area contributed by atoms with Gasteiger partial charge in [-0.1, -0.05) is 66.4 Å². The van der Waals surface area contributed by atoms with E-state index in [4.69, 9.17) is 23.0 Å². The second-order valence-electron chi connectivity index (χ2n) is 15.2. The zero-order valence-corrected chi connectivity index (χ0v) is 32.0. The summed E-state index contributed by atoms with van der Waals surface area (Å²) in [5.74, 6) is 0.809. The second kappa shape index (κ2) is 15.3. The van der Waals surface area contributed by atoms with Crippen LogP contribution in [0.2, 0.25) is 0 Å². The van der Waals surface area contributed by atoms with Crippen LogP contribution in [0.25, 0.3) is 10.8 Å². The van der Waals surface area contributed by atoms with Crippen molar-refractivity contribution < 1.29 is 32.4 Å². The van der Waals surface area contributed by atoms with Gasteiger partial charge in [-0.25, -0.2) is 9.36 Å². The van der Waals surface area contributed by atoms with Gasteiger partial charge in [-0.05, 0) is 128 Å². The van der Waals surface area contributed by atoms with Crippen LogP contribution in [-0.2, 0) is 35.0 Å². The molecule has 0 aliphatic carbocycles. The molecule has 0 fully saturated rings. The maximum atomic E-state index is 13.9. The van der Waals surface area contributed by atoms with E-state index in [9.17, 15) is 9.36 Å². The van der Waals surface area contributed by atoms with Crippen molar-refractivity contribution in [1.29, 1.82) is 0 Å². The molecule has 0 aromatic heterocycles. The Balaban J connectivity index is 1.58. The molecule has 1 amide bonds. The van der Waals surface area contributed by atoms with Crippen LogP contribution >= 0.6 is 19.6 Å². The average Bonchev–Trinajstić information content (AvgIpc) is 2.97. The van der Waals surface area contributed by atoms with E-state index in [-0.39, 0.29) is 6.61 Å². The Morgan fingerprint density at radius 1 is 0.694 bits per heavy atom. The fourth-order valence-corrected chi connectivity index (χ4v) is 7.62. The summed E-state index contributed by atoms with van der Waals surface area (Å²) in [4.78, 5) is 15.2. The number of carbonyl (C=O) groups is 1. The Morgan fingerprint density at radius 3 is 1.94 bits per heavy atom. The van der Waals surface area contributed by atoms with Gasteiger partial charge in [0.05, 0.1) is 23.3 Å². The summed E-state index contributed by atoms with van der Waals surface area (Å²) in [6.45, 7) is 18.1. The number of fused-ring (bicyclic) bond motifs is 1. The molecule has 49 heavy (non-hydrogen) atoms. The quantitative estimate of drug-likeness (QED) is 0.145. The molecule has 0 aliphatic rings. The molecule has 1 N–H and O–H groups in total. The zero-order chi connectivity index (χ0) is 36.1. The number of phosphoric ester groups is 1. The Kier molecular flexibility index (Phi) is 12.0. The van der Waals surface area contributed by atoms with Crippen LogP contribution in [0.1, 0.15) is 80.4 Å². The number of benzene rings is 4. The average molecular weight is 708 g/mol. The fraction of sp³-hybridized carbons (Fsp3) is 0.410. The maximum absolute atomic E-state index is 13.9. The first-order valence-electron chi connectivity index (χ1n) is 16.4. The number of carbonyl (C=O) groups excluding carboxylic acids is 1. The van der Waals surface area contributed by atoms with Gasteiger partial charge in [-0.2, -0.15) is 0 Å². The molecule has 4 rings (SSSR count). The van der Waals surface area contributed by atoms with Crippen LogP contribution in [0.4, 0.5) is 4.79 Å². The largest absolute Gasteiger partial charge is 0.489 e. The SMILES string of the molecule is CC(C)(C)OC(=O)NC(C)(COP(=O)(OC(C)(C)C)OC(C)(C)C)c1ccc2cc(Sc3cccc(OCc4ccccc4)c3)ccc2c1. The van der Waals surface area contributed by atoms with Gasteiger partial charge in [0, 0.05) is 9.79 Å². The minimum absolute atomic E-state index is 0.211. The summed E-state index contributed by atoms with van der Waals surface area (Å²) in [6.07, 6.45) is -0.635. The number of rotatable bonds is 12. The highest BCUT2D eigenvalue weighted by atomic mass is 32.2. The van der Waals surface area contributed by atoms with Crippen molar-refractivity contribution >= 4 is 36.5 Å². The van der Waals surface area contributed by atoms with E-state index in [1.54, 1.807) is 81.0 Å². The fourth-order valence-electron chi connectivity index (χ4n) is 4.81. The number of hydrogen-bond donors (Lipinski definition) is 1. The summed E-state index contributed by atoms with van der Waals surface area (Å²) in [5.41, 5.74) is -1.67. The standard InChI is InChI=1S/C39H50NO7PS/c1-36(2,3)45-35(41)40-39(10,27-44-48(42,46-37(4,5)6)47-38(7,8)9)31-21-19-30-24-34(22-20-29(30)23-31)49-33-18-14-17-32(25-33)43-26-28-15-12-11-13-16-28/h11-25H,26-27H2,1-10H3,(H,40,41). The molecule has 264 valence electrons. The van der Waals surface area contributed by atoms with Crippen LogP contribution in [0.5, 0.6) is 5.75 Å². The summed E-state index contributed by atoms with van der Waals surface area (Å²) in [6, 6.07) is 30.3. The first kappa shape index (κ1) is 38.5. The van der Waals surface area contributed by atoms with Crippen LogP contribution in [-0.4, -0.2) is 29.5 Å². The summed E-state index contributed by atoms with van der Waals surface area (Å²) in [7, 11) is -4.08. The van der Waals surface area contributed by atoms with Gasteiger partial charge in [-0.3, -0.25) is 13.6 Å². The molecule has 0 spiro atoms. The minimum Gasteiger partial charge on any atom is -0.489 e. The van der Waals surface area contributed by atoms with Crippen molar-refractivity contribution in [2.24, 2.45) is 0 Å². The van der Waals surface area contributed by atoms with Gasteiger partial charge in [0.15, 0.2) is 0 Å². The summed E-state index contributed by atoms with van der Waals surface area (Å²) >= 11 is 1.65. The van der Waals surface area contributed by atoms with Crippen LogP contribution in [0.3, 0.4) is 0 Å². The number of alkyl carbamates (subject to hydrolysis) is 1. The predicted octanol–water partition coefficient (Wildman–Crippen LogP) is 11.1. The molecule has 0 heterocycles. The number of amides is 1. The second-order valence-corrected chi connectivity index (χ2v) is 17.8. The minimum atomic E-state index is -4.08. The molecule has 0 saturated heterocycles. The molecule has 10 heteroatoms. The molecule has 0 aliphatic heterocycles. The smallest absolute Gasteiger partial charge is 0.475 e. The zero-order valence-electron chi connectivity index (χ0n) is 30.3. The molecule has 0 radical (unpaired) electrons. The Morgan fingerprint density at radius 2 is 1.31 bits per heavy atom. The van der Waals surface area contributed by atoms with E-state index in [1.165, 1.54) is 0 Å². The van der Waals surface area contributed by atoms with E-state index in [0.717, 1.165) is 37.4 Å². The number of ether oxygens (including phenoxy) is 2. The van der Waals surface area contributed by atoms with E-state index < -0.39 is 36.3 Å². The van der Waals surface area contributed by atoms with Crippen molar-refractivity contribution in [3.63, 3.8) is 0 Å². The first-order chi connectivity index (χ1) is 22.7. The third-order valence-electron chi connectivity index (χ3n) is 6.80. The lowest BCUT2D eigenvalue weighted by Gasteiger charge is -2.36. The molecule has 0 bridgehead atoms. The van der Waals surface area contributed by atoms with Crippen molar-refractivity contribution in [3.8, 4) is 5.75 Å². The van der Waals surface area contributed by atoms with Gasteiger partial charge in [0.2, 0.25) is 0 Å². The molecule has 4 aromatic rings. The van der Waals surface area contributed by atoms with E-state index in [1.807, 2.05) is 72.8 Å². The maximum Gasteiger partial charge on any atom is 0.475 e. The summed E-state index contributed by atoms with van der Waals surface area (Å²) < 4.78 is 43.3. The van der Waals surface area contributed by atoms with Gasteiger partial charge in [0.1, 0.15) is 18.0 Å². The number of nitrogens with one attached hydrogen (secondary N) is 1. The van der Waals surface area contributed by atoms with E-state index in [0.29, 0.717) is 6.61 Å². The first-order valence-corrected chi connectivity index (χ1v) is 18.6. The van der Waals surface area contributed by atoms with Crippen LogP contribution in [0, 0.1) is 0 Å². The van der Waals surface area contributed by atoms with Gasteiger partial charge >= 0.3 is 13.9 Å². The third-order valence-corrected chi connectivity index (χ3v) is 9.77. The Bertz CT molecular complexity index is 1760. The van der Waals surface area contributed by atoms with Crippen molar-refractivity contribution in [2.75, 3.05) is 6.61 Å². The topological polar surface area (TPSA) is 92.3 Å². The number of phosphoric acid groups is 1. The molecule has 1 unspecified atom stereocenters. The monoisotopic (exact) mass is 707 g/mol. The third kappa shape index (κ3) is 12.5. The molecule has 4 aromatic carbocycles. The molecular formula is C39H50NO7PS. The van der Waals surface area contributed by atoms with Crippen molar-refractivity contribution in [1.82, 2.24) is 5.32 Å². The molecule has 1 atom stereocenters. The lowest BCUT2D eigenvalue weighted by atomic mass is 9.91. The Labute approximate surface area is 295 Å². The highest BCUT2D eigenvalue weighted by molar-refractivity contribution is 7.99. The summed E-state index contributed by atoms with van der Waals surface area (Å²) in [5, 5.41) is 4.94. The van der Waals surface area contributed by atoms with Gasteiger partial charge in [-0.15, -0.1) is 0 Å². The highest BCUT2D eigenvalue weighted by Gasteiger charge is 2.41. The van der Waals surface area contributed by atoms with Crippen LogP contribution < -0.4 is 10.1 Å². The molecular weight excluding hydrogens is 657 g/mol. The molecule has 8 nitrogen and oxygen atoms in total. The lowest BCUT2D eigenvalue weighted by molar-refractivity contribution is -0.00712. The highest BCUT2D eigenvalue weighted by Crippen LogP contribution is 2.56. The normalized spacial score (nSPS) is 13.9. The Hall–Kier alpha value is -3.33. The van der Waals surface area contributed by atoms with Gasteiger partial charge in [0.25, 0.3) is 0 Å². The molecule has 0 saturated carbocycles. The lowest BCUT2D eigenvalue weighted by Crippen LogP contribution is -2.48. The van der Waals surface area contributed by atoms with Crippen molar-refractivity contribution in [3.05, 3.63) is 102 Å². The van der Waals surface area contributed by atoms with Gasteiger partial charge < -0.3 is 14.8 Å². The van der Waals surface area contributed by atoms with Crippen LogP contribution in [0.15, 0.2) is 101 Å². The van der Waals surface area contributed by atoms with E-state index >= 15 is 0 Å². The number of hydrogen-bond acceptors (Lipinski definition) is 8.